The molecule has 0 saturated heterocycles. The molecule has 0 atom stereocenters. The molecule has 2 aliphatic rings. The number of aromatic nitrogens is 4. The number of thiophene rings is 2. The third kappa shape index (κ3) is 5.17. The van der Waals surface area contributed by atoms with Crippen LogP contribution in [0.4, 0.5) is 0 Å². The van der Waals surface area contributed by atoms with Gasteiger partial charge in [-0.25, -0.2) is 19.9 Å². The SMILES string of the molecule is CCc1csc(-c2nc(CC)c(-c3sc(-c4sc(-c5sc(-c6nc(CC)cs6)nc5CC)c5c4OCCO5)c4c3OCCO4)s2)n1. The summed E-state index contributed by atoms with van der Waals surface area (Å²) in [6, 6.07) is 0. The van der Waals surface area contributed by atoms with Crippen molar-refractivity contribution >= 4 is 68.0 Å². The van der Waals surface area contributed by atoms with E-state index in [1.165, 1.54) is 0 Å². The minimum Gasteiger partial charge on any atom is -0.485 e. The second kappa shape index (κ2) is 12.6. The van der Waals surface area contributed by atoms with Crippen LogP contribution in [0, 0.1) is 0 Å². The van der Waals surface area contributed by atoms with Gasteiger partial charge in [0, 0.05) is 10.8 Å². The van der Waals surface area contributed by atoms with Gasteiger partial charge in [-0.15, -0.1) is 68.0 Å². The van der Waals surface area contributed by atoms with Crippen LogP contribution in [-0.2, 0) is 25.7 Å². The highest BCUT2D eigenvalue weighted by Crippen LogP contribution is 2.62. The van der Waals surface area contributed by atoms with Crippen molar-refractivity contribution in [3.8, 4) is 72.3 Å². The average Bonchev–Trinajstić information content (AvgIpc) is 3.94. The minimum atomic E-state index is 0.493. The first-order valence-corrected chi connectivity index (χ1v) is 20.4. The average molecular weight is 727 g/mol. The molecule has 8 rings (SSSR count). The quantitative estimate of drug-likeness (QED) is 0.146. The van der Waals surface area contributed by atoms with Gasteiger partial charge in [0.25, 0.3) is 0 Å². The molecule has 238 valence electrons. The van der Waals surface area contributed by atoms with Crippen LogP contribution < -0.4 is 18.9 Å². The molecule has 0 aromatic carbocycles. The molecule has 6 aromatic heterocycles. The van der Waals surface area contributed by atoms with Gasteiger partial charge in [0.1, 0.15) is 26.4 Å². The molecule has 14 heteroatoms. The molecule has 0 bridgehead atoms. The molecule has 46 heavy (non-hydrogen) atoms. The lowest BCUT2D eigenvalue weighted by atomic mass is 10.2. The fourth-order valence-electron chi connectivity index (χ4n) is 5.35. The predicted molar refractivity (Wildman–Crippen MR) is 192 cm³/mol. The molecule has 0 unspecified atom stereocenters. The Morgan fingerprint density at radius 1 is 0.457 bits per heavy atom. The van der Waals surface area contributed by atoms with E-state index in [9.17, 15) is 0 Å². The maximum Gasteiger partial charge on any atom is 0.181 e. The summed E-state index contributed by atoms with van der Waals surface area (Å²) in [5.74, 6) is 3.11. The summed E-state index contributed by atoms with van der Waals surface area (Å²) < 4.78 is 25.5. The molecular weight excluding hydrogens is 697 g/mol. The highest BCUT2D eigenvalue weighted by Gasteiger charge is 2.35. The molecule has 0 amide bonds. The molecule has 8 heterocycles. The number of hydrogen-bond donors (Lipinski definition) is 0. The number of rotatable bonds is 9. The number of nitrogens with zero attached hydrogens (tertiary/aromatic N) is 4. The summed E-state index contributed by atoms with van der Waals surface area (Å²) in [5, 5.41) is 8.07. The van der Waals surface area contributed by atoms with Crippen LogP contribution in [0.2, 0.25) is 0 Å². The zero-order valence-electron chi connectivity index (χ0n) is 25.7. The van der Waals surface area contributed by atoms with Crippen LogP contribution in [0.1, 0.15) is 50.5 Å². The molecule has 0 aliphatic carbocycles. The maximum absolute atomic E-state index is 6.37. The number of ether oxygens (including phenoxy) is 4. The van der Waals surface area contributed by atoms with Crippen molar-refractivity contribution in [2.45, 2.75) is 53.4 Å². The van der Waals surface area contributed by atoms with Gasteiger partial charge in [0.15, 0.2) is 43.0 Å². The number of hydrogen-bond acceptors (Lipinski definition) is 14. The maximum atomic E-state index is 6.37. The van der Waals surface area contributed by atoms with Crippen LogP contribution in [0.3, 0.4) is 0 Å². The molecule has 0 spiro atoms. The third-order valence-corrected chi connectivity index (χ3v) is 14.7. The van der Waals surface area contributed by atoms with Crippen molar-refractivity contribution < 1.29 is 18.9 Å². The molecule has 0 N–H and O–H groups in total. The van der Waals surface area contributed by atoms with E-state index in [2.05, 4.69) is 38.5 Å². The van der Waals surface area contributed by atoms with E-state index in [1.54, 1.807) is 68.0 Å². The van der Waals surface area contributed by atoms with E-state index in [-0.39, 0.29) is 0 Å². The first kappa shape index (κ1) is 30.5. The van der Waals surface area contributed by atoms with Gasteiger partial charge < -0.3 is 18.9 Å². The second-order valence-corrected chi connectivity index (χ2v) is 16.3. The summed E-state index contributed by atoms with van der Waals surface area (Å²) in [6.07, 6.45) is 3.44. The number of thiazole rings is 4. The second-order valence-electron chi connectivity index (χ2n) is 10.5. The zero-order valence-corrected chi connectivity index (χ0v) is 30.6. The lowest BCUT2D eigenvalue weighted by Gasteiger charge is -2.18. The Morgan fingerprint density at radius 3 is 1.15 bits per heavy atom. The topological polar surface area (TPSA) is 88.5 Å². The normalized spacial score (nSPS) is 13.9. The van der Waals surface area contributed by atoms with Crippen molar-refractivity contribution in [2.24, 2.45) is 0 Å². The first-order valence-electron chi connectivity index (χ1n) is 15.3. The Hall–Kier alpha value is -2.88. The number of aryl methyl sites for hydroxylation is 4. The molecule has 0 fully saturated rings. The van der Waals surface area contributed by atoms with Gasteiger partial charge in [-0.1, -0.05) is 27.7 Å². The van der Waals surface area contributed by atoms with E-state index in [1.807, 2.05) is 0 Å². The molecule has 2 aliphatic heterocycles. The van der Waals surface area contributed by atoms with Crippen molar-refractivity contribution in [1.82, 2.24) is 19.9 Å². The largest absolute Gasteiger partial charge is 0.485 e. The Labute approximate surface area is 290 Å². The third-order valence-electron chi connectivity index (χ3n) is 7.67. The van der Waals surface area contributed by atoms with E-state index in [0.717, 1.165) is 121 Å². The minimum absolute atomic E-state index is 0.493. The summed E-state index contributed by atoms with van der Waals surface area (Å²) >= 11 is 10.0. The van der Waals surface area contributed by atoms with E-state index < -0.39 is 0 Å². The van der Waals surface area contributed by atoms with Crippen molar-refractivity contribution in [2.75, 3.05) is 26.4 Å². The van der Waals surface area contributed by atoms with Gasteiger partial charge in [0.05, 0.1) is 52.0 Å². The molecule has 8 nitrogen and oxygen atoms in total. The smallest absolute Gasteiger partial charge is 0.181 e. The van der Waals surface area contributed by atoms with Crippen LogP contribution in [0.5, 0.6) is 23.0 Å². The molecular formula is C32H30N4O4S6. The lowest BCUT2D eigenvalue weighted by molar-refractivity contribution is 0.172. The standard InChI is InChI=1S/C32H30N4O4S6/c1-5-15-13-41-29(33-15)31-35-17(7-3)23(45-31)25-19-21(39-11-9-37-19)27(43-25)28-22-20(38-10-12-40-22)26(44-28)24-18(8-4)36-32(46-24)30-34-16(6-2)14-42-30/h13-14H,5-12H2,1-4H3. The van der Waals surface area contributed by atoms with Crippen molar-refractivity contribution in [1.29, 1.82) is 0 Å². The first-order chi connectivity index (χ1) is 22.6. The van der Waals surface area contributed by atoms with E-state index >= 15 is 0 Å². The molecule has 6 aromatic rings. The van der Waals surface area contributed by atoms with Crippen molar-refractivity contribution in [3.63, 3.8) is 0 Å². The highest BCUT2D eigenvalue weighted by atomic mass is 32.1. The fraction of sp³-hybridized carbons (Fsp3) is 0.375. The van der Waals surface area contributed by atoms with Gasteiger partial charge in [-0.05, 0) is 25.7 Å². The predicted octanol–water partition coefficient (Wildman–Crippen LogP) is 9.76. The summed E-state index contributed by atoms with van der Waals surface area (Å²) in [5.41, 5.74) is 4.29. The highest BCUT2D eigenvalue weighted by molar-refractivity contribution is 7.31. The van der Waals surface area contributed by atoms with E-state index in [4.69, 9.17) is 38.9 Å². The van der Waals surface area contributed by atoms with E-state index in [0.29, 0.717) is 26.4 Å². The Kier molecular flexibility index (Phi) is 8.36. The van der Waals surface area contributed by atoms with Gasteiger partial charge in [-0.3, -0.25) is 0 Å². The van der Waals surface area contributed by atoms with Gasteiger partial charge in [-0.2, -0.15) is 0 Å². The summed E-state index contributed by atoms with van der Waals surface area (Å²) in [4.78, 5) is 26.0. The van der Waals surface area contributed by atoms with Gasteiger partial charge >= 0.3 is 0 Å². The Morgan fingerprint density at radius 2 is 0.826 bits per heavy atom. The van der Waals surface area contributed by atoms with Crippen LogP contribution in [-0.4, -0.2) is 46.4 Å². The lowest BCUT2D eigenvalue weighted by Crippen LogP contribution is -2.15. The molecule has 0 radical (unpaired) electrons. The van der Waals surface area contributed by atoms with Gasteiger partial charge in [0.2, 0.25) is 0 Å². The Balaban J connectivity index is 1.26. The van der Waals surface area contributed by atoms with Crippen LogP contribution in [0.15, 0.2) is 10.8 Å². The molecule has 0 saturated carbocycles. The Bertz CT molecular complexity index is 1900. The monoisotopic (exact) mass is 726 g/mol. The number of fused-ring (bicyclic) bond motifs is 2. The summed E-state index contributed by atoms with van der Waals surface area (Å²) in [6.45, 7) is 10.5. The fourth-order valence-corrected chi connectivity index (χ4v) is 12.3. The van der Waals surface area contributed by atoms with Crippen LogP contribution >= 0.6 is 68.0 Å². The summed E-state index contributed by atoms with van der Waals surface area (Å²) in [7, 11) is 0. The zero-order chi connectivity index (χ0) is 31.4. The van der Waals surface area contributed by atoms with Crippen LogP contribution in [0.25, 0.3) is 49.3 Å². The van der Waals surface area contributed by atoms with Crippen molar-refractivity contribution in [3.05, 3.63) is 33.5 Å².